The zero-order valence-corrected chi connectivity index (χ0v) is 19.1. The van der Waals surface area contributed by atoms with Crippen molar-refractivity contribution in [2.75, 3.05) is 39.4 Å². The highest BCUT2D eigenvalue weighted by atomic mass is 16.5. The molecule has 0 aliphatic carbocycles. The maximum atomic E-state index is 13.3. The van der Waals surface area contributed by atoms with Gasteiger partial charge in [0.25, 0.3) is 17.9 Å². The zero-order chi connectivity index (χ0) is 23.7. The van der Waals surface area contributed by atoms with Crippen molar-refractivity contribution in [3.05, 3.63) is 63.8 Å². The highest BCUT2D eigenvalue weighted by Gasteiger charge is 2.39. The van der Waals surface area contributed by atoms with E-state index in [0.29, 0.717) is 43.0 Å². The van der Waals surface area contributed by atoms with Crippen molar-refractivity contribution in [1.82, 2.24) is 19.4 Å². The topological polar surface area (TPSA) is 105 Å². The summed E-state index contributed by atoms with van der Waals surface area (Å²) in [5, 5.41) is 6.89. The summed E-state index contributed by atoms with van der Waals surface area (Å²) in [6.45, 7) is 6.34. The number of amides is 1. The summed E-state index contributed by atoms with van der Waals surface area (Å²) in [5.74, 6) is 1.84. The van der Waals surface area contributed by atoms with Crippen LogP contribution in [0.25, 0.3) is 0 Å². The molecule has 1 N–H and O–H groups in total. The van der Waals surface area contributed by atoms with E-state index in [1.54, 1.807) is 18.5 Å². The van der Waals surface area contributed by atoms with Crippen molar-refractivity contribution in [2.24, 2.45) is 17.8 Å². The van der Waals surface area contributed by atoms with Crippen molar-refractivity contribution in [1.29, 1.82) is 0 Å². The molecule has 6 heterocycles. The average Bonchev–Trinajstić information content (AvgIpc) is 3.44. The number of likely N-dealkylation sites (tertiary alicyclic amines) is 2. The smallest absolute Gasteiger partial charge is 0.290 e. The molecule has 9 nitrogen and oxygen atoms in total. The lowest BCUT2D eigenvalue weighted by molar-refractivity contribution is -0.122. The van der Waals surface area contributed by atoms with Gasteiger partial charge >= 0.3 is 0 Å². The summed E-state index contributed by atoms with van der Waals surface area (Å²) >= 11 is 0. The van der Waals surface area contributed by atoms with Gasteiger partial charge in [0.15, 0.2) is 0 Å². The lowest BCUT2D eigenvalue weighted by Gasteiger charge is -2.43. The highest BCUT2D eigenvalue weighted by Crippen LogP contribution is 2.36. The van der Waals surface area contributed by atoms with Crippen molar-refractivity contribution in [3.63, 3.8) is 0 Å². The first-order valence-corrected chi connectivity index (χ1v) is 11.9. The van der Waals surface area contributed by atoms with E-state index < -0.39 is 0 Å². The van der Waals surface area contributed by atoms with E-state index in [0.717, 1.165) is 50.5 Å². The summed E-state index contributed by atoms with van der Waals surface area (Å²) in [4.78, 5) is 43.1. The number of nitrogens with zero attached hydrogens (tertiary/aromatic N) is 4. The van der Waals surface area contributed by atoms with Crippen molar-refractivity contribution >= 4 is 12.4 Å². The van der Waals surface area contributed by atoms with Crippen LogP contribution in [-0.2, 0) is 22.6 Å². The van der Waals surface area contributed by atoms with Gasteiger partial charge in [0.05, 0.1) is 18.8 Å². The predicted molar refractivity (Wildman–Crippen MR) is 123 cm³/mol. The molecule has 3 fully saturated rings. The molecule has 4 aliphatic rings. The SMILES string of the molecule is O=C(c1cccnc1)N1C[C@@H]2C[C@H](C1)c1ccc(CN3C[C@H]4COC[C@H]4C3)c(=O)n1C2.O=CO. The Morgan fingerprint density at radius 1 is 1.12 bits per heavy atom. The molecule has 3 saturated heterocycles. The number of fused-ring (bicyclic) bond motifs is 5. The molecule has 0 radical (unpaired) electrons. The van der Waals surface area contributed by atoms with Gasteiger partial charge in [-0.05, 0) is 30.5 Å². The van der Waals surface area contributed by atoms with Crippen LogP contribution in [0.4, 0.5) is 0 Å². The second-order valence-corrected chi connectivity index (χ2v) is 9.81. The predicted octanol–water partition coefficient (Wildman–Crippen LogP) is 1.28. The number of piperidine rings is 1. The molecule has 4 atom stereocenters. The molecule has 6 rings (SSSR count). The molecular weight excluding hydrogens is 436 g/mol. The lowest BCUT2D eigenvalue weighted by atomic mass is 9.82. The number of pyridine rings is 2. The van der Waals surface area contributed by atoms with E-state index in [-0.39, 0.29) is 23.9 Å². The number of carboxylic acid groups (broad SMARTS) is 1. The van der Waals surface area contributed by atoms with Gasteiger partial charge in [-0.15, -0.1) is 0 Å². The Balaban J connectivity index is 0.000000764. The van der Waals surface area contributed by atoms with Gasteiger partial charge in [0.2, 0.25) is 0 Å². The Kier molecular flexibility index (Phi) is 6.47. The van der Waals surface area contributed by atoms with Crippen LogP contribution in [0.1, 0.15) is 34.0 Å². The quantitative estimate of drug-likeness (QED) is 0.680. The monoisotopic (exact) mass is 466 g/mol. The minimum Gasteiger partial charge on any atom is -0.483 e. The maximum Gasteiger partial charge on any atom is 0.290 e. The standard InChI is InChI=1S/C24H28N4O3.CH2O2/c29-23(17-2-1-5-25-7-17)27-8-16-6-19(13-27)22-4-3-18(24(30)28(22)9-16)10-26-11-20-14-31-15-21(20)12-26;2-1-3/h1-5,7,16,19-21H,6,8-15H2;1H,(H,2,3)/t16-,19+,20-,21+;/m0./s1. The molecule has 2 aromatic heterocycles. The van der Waals surface area contributed by atoms with E-state index in [2.05, 4.69) is 16.0 Å². The van der Waals surface area contributed by atoms with Crippen LogP contribution in [-0.4, -0.2) is 76.2 Å². The average molecular weight is 467 g/mol. The van der Waals surface area contributed by atoms with Gasteiger partial charge in [0, 0.05) is 80.7 Å². The number of carbonyl (C=O) groups excluding carboxylic acids is 1. The third-order valence-electron chi connectivity index (χ3n) is 7.59. The van der Waals surface area contributed by atoms with E-state index in [4.69, 9.17) is 14.6 Å². The zero-order valence-electron chi connectivity index (χ0n) is 19.1. The Morgan fingerprint density at radius 3 is 2.59 bits per heavy atom. The normalized spacial score (nSPS) is 27.4. The first-order chi connectivity index (χ1) is 16.6. The van der Waals surface area contributed by atoms with Gasteiger partial charge in [-0.3, -0.25) is 24.3 Å². The van der Waals surface area contributed by atoms with E-state index in [1.165, 1.54) is 0 Å². The fraction of sp³-hybridized carbons (Fsp3) is 0.520. The molecule has 180 valence electrons. The number of hydrogen-bond acceptors (Lipinski definition) is 6. The Bertz CT molecular complexity index is 1090. The highest BCUT2D eigenvalue weighted by molar-refractivity contribution is 5.94. The van der Waals surface area contributed by atoms with Crippen LogP contribution in [0, 0.1) is 17.8 Å². The molecular formula is C25H30N4O5. The van der Waals surface area contributed by atoms with Crippen molar-refractivity contribution in [2.45, 2.75) is 25.4 Å². The summed E-state index contributed by atoms with van der Waals surface area (Å²) in [6, 6.07) is 7.79. The molecule has 2 aromatic rings. The minimum absolute atomic E-state index is 0.0405. The molecule has 0 saturated carbocycles. The van der Waals surface area contributed by atoms with Gasteiger partial charge in [-0.2, -0.15) is 0 Å². The molecule has 2 bridgehead atoms. The fourth-order valence-corrected chi connectivity index (χ4v) is 6.10. The molecule has 0 aromatic carbocycles. The van der Waals surface area contributed by atoms with Crippen LogP contribution < -0.4 is 5.56 Å². The third kappa shape index (κ3) is 4.37. The van der Waals surface area contributed by atoms with Gasteiger partial charge in [0.1, 0.15) is 0 Å². The molecule has 34 heavy (non-hydrogen) atoms. The van der Waals surface area contributed by atoms with Crippen LogP contribution in [0.15, 0.2) is 41.5 Å². The second-order valence-electron chi connectivity index (χ2n) is 9.81. The summed E-state index contributed by atoms with van der Waals surface area (Å²) in [6.07, 6.45) is 4.37. The summed E-state index contributed by atoms with van der Waals surface area (Å²) < 4.78 is 7.58. The molecule has 9 heteroatoms. The Hall–Kier alpha value is -3.04. The minimum atomic E-state index is -0.250. The van der Waals surface area contributed by atoms with Gasteiger partial charge in [-0.25, -0.2) is 0 Å². The number of carbonyl (C=O) groups is 2. The van der Waals surface area contributed by atoms with Crippen molar-refractivity contribution in [3.8, 4) is 0 Å². The molecule has 1 amide bonds. The van der Waals surface area contributed by atoms with E-state index in [9.17, 15) is 9.59 Å². The number of hydrogen-bond donors (Lipinski definition) is 1. The van der Waals surface area contributed by atoms with Crippen LogP contribution in [0.3, 0.4) is 0 Å². The molecule has 4 aliphatic heterocycles. The first kappa shape index (κ1) is 22.7. The number of aromatic nitrogens is 2. The summed E-state index contributed by atoms with van der Waals surface area (Å²) in [5.41, 5.74) is 2.77. The van der Waals surface area contributed by atoms with Gasteiger partial charge < -0.3 is 19.3 Å². The van der Waals surface area contributed by atoms with Crippen LogP contribution >= 0.6 is 0 Å². The molecule has 0 spiro atoms. The lowest BCUT2D eigenvalue weighted by Crippen LogP contribution is -2.49. The molecule has 0 unspecified atom stereocenters. The first-order valence-electron chi connectivity index (χ1n) is 11.9. The van der Waals surface area contributed by atoms with Gasteiger partial charge in [-0.1, -0.05) is 6.07 Å². The number of ether oxygens (including phenoxy) is 1. The largest absolute Gasteiger partial charge is 0.483 e. The number of rotatable bonds is 3. The van der Waals surface area contributed by atoms with E-state index in [1.807, 2.05) is 21.6 Å². The van der Waals surface area contributed by atoms with E-state index >= 15 is 0 Å². The second kappa shape index (κ2) is 9.68. The van der Waals surface area contributed by atoms with Crippen LogP contribution in [0.5, 0.6) is 0 Å². The maximum absolute atomic E-state index is 13.3. The third-order valence-corrected chi connectivity index (χ3v) is 7.59. The summed E-state index contributed by atoms with van der Waals surface area (Å²) in [7, 11) is 0. The van der Waals surface area contributed by atoms with Crippen LogP contribution in [0.2, 0.25) is 0 Å². The fourth-order valence-electron chi connectivity index (χ4n) is 6.10. The van der Waals surface area contributed by atoms with Crippen molar-refractivity contribution < 1.29 is 19.4 Å². The Morgan fingerprint density at radius 2 is 1.88 bits per heavy atom. The Labute approximate surface area is 198 Å².